The van der Waals surface area contributed by atoms with Gasteiger partial charge in [0.25, 0.3) is 0 Å². The molecule has 0 aliphatic heterocycles. The number of rotatable bonds is 2. The Hall–Kier alpha value is -1.39. The summed E-state index contributed by atoms with van der Waals surface area (Å²) in [6.45, 7) is 1.73. The molecular weight excluding hydrogens is 282 g/mol. The maximum atomic E-state index is 11.5. The van der Waals surface area contributed by atoms with Gasteiger partial charge in [0.1, 0.15) is 4.83 Å². The summed E-state index contributed by atoms with van der Waals surface area (Å²) in [5.41, 5.74) is 4.71. The van der Waals surface area contributed by atoms with Gasteiger partial charge in [0.2, 0.25) is 0 Å². The fraction of sp³-hybridized carbons (Fsp3) is 0.154. The van der Waals surface area contributed by atoms with Gasteiger partial charge in [0.15, 0.2) is 11.4 Å². The first-order chi connectivity index (χ1) is 8.09. The number of fused-ring (bicyclic) bond motifs is 1. The minimum absolute atomic E-state index is 0.315. The van der Waals surface area contributed by atoms with Gasteiger partial charge in [0.05, 0.1) is 0 Å². The Morgan fingerprint density at radius 3 is 2.71 bits per heavy atom. The highest BCUT2D eigenvalue weighted by Gasteiger charge is 2.15. The molecule has 1 unspecified atom stereocenters. The smallest absolute Gasteiger partial charge is 0.325 e. The van der Waals surface area contributed by atoms with Crippen LogP contribution in [0.4, 0.5) is 5.69 Å². The van der Waals surface area contributed by atoms with Gasteiger partial charge in [-0.1, -0.05) is 40.2 Å². The number of halogens is 1. The average Bonchev–Trinajstić information content (AvgIpc) is 2.33. The van der Waals surface area contributed by atoms with Crippen LogP contribution in [-0.4, -0.2) is 10.8 Å². The molecule has 1 atom stereocenters. The lowest BCUT2D eigenvalue weighted by Gasteiger charge is -2.08. The van der Waals surface area contributed by atoms with Crippen LogP contribution in [0.1, 0.15) is 6.92 Å². The topological polar surface area (TPSA) is 53.9 Å². The predicted molar refractivity (Wildman–Crippen MR) is 70.5 cm³/mol. The molecule has 4 heteroatoms. The molecule has 0 bridgehead atoms. The Kier molecular flexibility index (Phi) is 3.45. The van der Waals surface area contributed by atoms with E-state index < -0.39 is 0 Å². The third kappa shape index (κ3) is 2.48. The molecule has 0 saturated carbocycles. The average molecular weight is 295 g/mol. The molecule has 0 heterocycles. The lowest BCUT2D eigenvalue weighted by molar-refractivity contribution is -0.254. The summed E-state index contributed by atoms with van der Waals surface area (Å²) >= 11 is 3.18. The van der Waals surface area contributed by atoms with Gasteiger partial charge in [-0.3, -0.25) is 4.79 Å². The number of ether oxygens (including phenoxy) is 1. The van der Waals surface area contributed by atoms with Crippen molar-refractivity contribution in [1.82, 2.24) is 0 Å². The third-order valence-electron chi connectivity index (χ3n) is 2.53. The first-order valence-electron chi connectivity index (χ1n) is 5.29. The second-order valence-electron chi connectivity index (χ2n) is 3.80. The van der Waals surface area contributed by atoms with E-state index in [2.05, 4.69) is 21.7 Å². The van der Waals surface area contributed by atoms with E-state index in [-0.39, 0.29) is 10.8 Å². The molecular formula is C13H13BrNO2+. The van der Waals surface area contributed by atoms with Crippen LogP contribution < -0.4 is 10.5 Å². The molecule has 0 radical (unpaired) electrons. The second-order valence-corrected chi connectivity index (χ2v) is 5.17. The van der Waals surface area contributed by atoms with Crippen LogP contribution in [0.25, 0.3) is 10.8 Å². The summed E-state index contributed by atoms with van der Waals surface area (Å²) in [7, 11) is 0. The number of benzene rings is 2. The van der Waals surface area contributed by atoms with E-state index >= 15 is 0 Å². The fourth-order valence-electron chi connectivity index (χ4n) is 1.60. The minimum Gasteiger partial charge on any atom is -0.419 e. The van der Waals surface area contributed by atoms with E-state index in [4.69, 9.17) is 4.74 Å². The van der Waals surface area contributed by atoms with Crippen LogP contribution in [0.15, 0.2) is 36.4 Å². The van der Waals surface area contributed by atoms with Gasteiger partial charge in [-0.15, -0.1) is 0 Å². The number of quaternary nitrogens is 1. The Morgan fingerprint density at radius 1 is 1.29 bits per heavy atom. The number of hydrogen-bond donors (Lipinski definition) is 1. The van der Waals surface area contributed by atoms with Crippen molar-refractivity contribution in [2.45, 2.75) is 11.8 Å². The highest BCUT2D eigenvalue weighted by Crippen LogP contribution is 2.29. The molecule has 0 saturated heterocycles. The summed E-state index contributed by atoms with van der Waals surface area (Å²) in [4.78, 5) is 11.2. The zero-order chi connectivity index (χ0) is 12.4. The SMILES string of the molecule is CC(Br)C(=O)Oc1ccc2ccccc2c1[NH3+]. The summed E-state index contributed by atoms with van der Waals surface area (Å²) in [5, 5.41) is 2.09. The minimum atomic E-state index is -0.326. The molecule has 2 aromatic carbocycles. The molecule has 0 fully saturated rings. The molecule has 3 nitrogen and oxygen atoms in total. The van der Waals surface area contributed by atoms with Gasteiger partial charge < -0.3 is 10.5 Å². The van der Waals surface area contributed by atoms with E-state index in [1.807, 2.05) is 30.3 Å². The van der Waals surface area contributed by atoms with Gasteiger partial charge >= 0.3 is 5.97 Å². The van der Waals surface area contributed by atoms with Crippen LogP contribution in [0.2, 0.25) is 0 Å². The van der Waals surface area contributed by atoms with Crippen molar-refractivity contribution >= 4 is 38.4 Å². The summed E-state index contributed by atoms with van der Waals surface area (Å²) in [6, 6.07) is 11.6. The Labute approximate surface area is 108 Å². The lowest BCUT2D eigenvalue weighted by Crippen LogP contribution is -2.41. The highest BCUT2D eigenvalue weighted by molar-refractivity contribution is 9.10. The van der Waals surface area contributed by atoms with Crippen molar-refractivity contribution in [3.8, 4) is 5.75 Å². The van der Waals surface area contributed by atoms with Crippen molar-refractivity contribution in [2.75, 3.05) is 0 Å². The number of alkyl halides is 1. The maximum absolute atomic E-state index is 11.5. The molecule has 88 valence electrons. The van der Waals surface area contributed by atoms with E-state index in [9.17, 15) is 4.79 Å². The summed E-state index contributed by atoms with van der Waals surface area (Å²) in [6.07, 6.45) is 0. The Morgan fingerprint density at radius 2 is 2.00 bits per heavy atom. The van der Waals surface area contributed by atoms with E-state index in [0.717, 1.165) is 16.5 Å². The molecule has 0 aliphatic carbocycles. The molecule has 17 heavy (non-hydrogen) atoms. The van der Waals surface area contributed by atoms with Crippen LogP contribution in [0.3, 0.4) is 0 Å². The quantitative estimate of drug-likeness (QED) is 0.525. The first-order valence-corrected chi connectivity index (χ1v) is 6.20. The summed E-state index contributed by atoms with van der Waals surface area (Å²) in [5.74, 6) is 0.199. The van der Waals surface area contributed by atoms with Crippen LogP contribution in [0.5, 0.6) is 5.75 Å². The lowest BCUT2D eigenvalue weighted by atomic mass is 10.1. The molecule has 2 rings (SSSR count). The normalized spacial score (nSPS) is 12.4. The molecule has 0 aromatic heterocycles. The summed E-state index contributed by atoms with van der Waals surface area (Å²) < 4.78 is 5.27. The zero-order valence-electron chi connectivity index (χ0n) is 9.44. The van der Waals surface area contributed by atoms with E-state index in [1.54, 1.807) is 13.0 Å². The van der Waals surface area contributed by atoms with Crippen LogP contribution >= 0.6 is 15.9 Å². The predicted octanol–water partition coefficient (Wildman–Crippen LogP) is 2.40. The van der Waals surface area contributed by atoms with Crippen LogP contribution in [-0.2, 0) is 4.79 Å². The number of esters is 1. The van der Waals surface area contributed by atoms with Crippen molar-refractivity contribution in [1.29, 1.82) is 0 Å². The highest BCUT2D eigenvalue weighted by atomic mass is 79.9. The van der Waals surface area contributed by atoms with Gasteiger partial charge in [-0.2, -0.15) is 0 Å². The number of carbonyl (C=O) groups is 1. The van der Waals surface area contributed by atoms with Crippen molar-refractivity contribution in [2.24, 2.45) is 0 Å². The monoisotopic (exact) mass is 294 g/mol. The van der Waals surface area contributed by atoms with Gasteiger partial charge in [-0.05, 0) is 24.4 Å². The maximum Gasteiger partial charge on any atom is 0.325 e. The first kappa shape index (κ1) is 12.1. The van der Waals surface area contributed by atoms with Crippen molar-refractivity contribution in [3.05, 3.63) is 36.4 Å². The number of hydrogen-bond acceptors (Lipinski definition) is 2. The largest absolute Gasteiger partial charge is 0.419 e. The molecule has 0 amide bonds. The van der Waals surface area contributed by atoms with E-state index in [0.29, 0.717) is 5.75 Å². The number of carbonyl (C=O) groups excluding carboxylic acids is 1. The second kappa shape index (κ2) is 4.85. The van der Waals surface area contributed by atoms with E-state index in [1.165, 1.54) is 0 Å². The molecule has 0 spiro atoms. The Balaban J connectivity index is 2.43. The Bertz CT molecular complexity index is 566. The fourth-order valence-corrected chi connectivity index (χ4v) is 1.69. The molecule has 0 aliphatic rings. The third-order valence-corrected chi connectivity index (χ3v) is 2.91. The standard InChI is InChI=1S/C13H12BrNO2/c1-8(14)13(16)17-11-7-6-9-4-2-3-5-10(9)12(11)15/h2-8H,15H2,1H3/p+1. The zero-order valence-corrected chi connectivity index (χ0v) is 11.0. The van der Waals surface area contributed by atoms with Crippen LogP contribution in [0, 0.1) is 0 Å². The van der Waals surface area contributed by atoms with Crippen molar-refractivity contribution < 1.29 is 15.3 Å². The van der Waals surface area contributed by atoms with Gasteiger partial charge in [-0.25, -0.2) is 0 Å². The molecule has 2 aromatic rings. The van der Waals surface area contributed by atoms with Gasteiger partial charge in [0, 0.05) is 5.39 Å². The molecule has 3 N–H and O–H groups in total. The van der Waals surface area contributed by atoms with Crippen molar-refractivity contribution in [3.63, 3.8) is 0 Å².